The fraction of sp³-hybridized carbons (Fsp3) is 0.250. The van der Waals surface area contributed by atoms with Crippen LogP contribution in [0.25, 0.3) is 0 Å². The van der Waals surface area contributed by atoms with Gasteiger partial charge in [0, 0.05) is 24.6 Å². The Bertz CT molecular complexity index is 664. The Hall–Kier alpha value is -1.61. The van der Waals surface area contributed by atoms with Gasteiger partial charge in [-0.1, -0.05) is 0 Å². The van der Waals surface area contributed by atoms with E-state index in [4.69, 9.17) is 10.5 Å². The van der Waals surface area contributed by atoms with E-state index >= 15 is 0 Å². The van der Waals surface area contributed by atoms with E-state index in [2.05, 4.69) is 52.1 Å². The zero-order valence-electron chi connectivity index (χ0n) is 11.7. The largest absolute Gasteiger partial charge is 0.495 e. The molecule has 9 heteroatoms. The fourth-order valence-electron chi connectivity index (χ4n) is 1.54. The molecule has 0 saturated heterocycles. The summed E-state index contributed by atoms with van der Waals surface area (Å²) in [6.07, 6.45) is 0. The van der Waals surface area contributed by atoms with Crippen LogP contribution >= 0.6 is 31.9 Å². The molecule has 0 spiro atoms. The molecule has 1 heterocycles. The van der Waals surface area contributed by atoms with Crippen molar-refractivity contribution in [1.82, 2.24) is 15.0 Å². The number of nitrogens with two attached hydrogens (primary N) is 1. The van der Waals surface area contributed by atoms with Crippen LogP contribution in [0.15, 0.2) is 21.1 Å². The minimum absolute atomic E-state index is 0.149. The molecular weight excluding hydrogens is 404 g/mol. The van der Waals surface area contributed by atoms with E-state index in [9.17, 15) is 0 Å². The van der Waals surface area contributed by atoms with Crippen LogP contribution in [-0.4, -0.2) is 36.2 Å². The average molecular weight is 418 g/mol. The van der Waals surface area contributed by atoms with Gasteiger partial charge in [0.15, 0.2) is 0 Å². The molecule has 3 N–H and O–H groups in total. The maximum Gasteiger partial charge on any atom is 0.233 e. The minimum atomic E-state index is 0.149. The zero-order chi connectivity index (χ0) is 15.6. The molecule has 1 aromatic carbocycles. The summed E-state index contributed by atoms with van der Waals surface area (Å²) < 4.78 is 6.94. The van der Waals surface area contributed by atoms with Crippen LogP contribution in [-0.2, 0) is 0 Å². The van der Waals surface area contributed by atoms with E-state index in [1.807, 2.05) is 26.2 Å². The summed E-state index contributed by atoms with van der Waals surface area (Å²) in [5.41, 5.74) is 6.45. The molecule has 0 aliphatic rings. The van der Waals surface area contributed by atoms with Crippen LogP contribution in [0.4, 0.5) is 23.5 Å². The first kappa shape index (κ1) is 15.8. The molecule has 2 rings (SSSR count). The molecule has 2 aromatic rings. The molecule has 0 amide bonds. The Labute approximate surface area is 139 Å². The number of anilines is 4. The third-order valence-electron chi connectivity index (χ3n) is 2.53. The molecule has 112 valence electrons. The summed E-state index contributed by atoms with van der Waals surface area (Å²) in [5.74, 6) is 1.67. The molecule has 7 nitrogen and oxygen atoms in total. The van der Waals surface area contributed by atoms with Gasteiger partial charge in [-0.05, 0) is 37.9 Å². The number of aromatic nitrogens is 3. The summed E-state index contributed by atoms with van der Waals surface area (Å²) in [6.45, 7) is 0. The maximum atomic E-state index is 5.70. The van der Waals surface area contributed by atoms with Gasteiger partial charge in [0.25, 0.3) is 0 Å². The van der Waals surface area contributed by atoms with E-state index in [1.165, 1.54) is 0 Å². The van der Waals surface area contributed by atoms with Gasteiger partial charge in [0.05, 0.1) is 17.3 Å². The van der Waals surface area contributed by atoms with Gasteiger partial charge >= 0.3 is 0 Å². The minimum Gasteiger partial charge on any atom is -0.495 e. The van der Waals surface area contributed by atoms with Crippen molar-refractivity contribution in [2.24, 2.45) is 0 Å². The Morgan fingerprint density at radius 2 is 1.86 bits per heavy atom. The van der Waals surface area contributed by atoms with Crippen molar-refractivity contribution < 1.29 is 4.74 Å². The number of nitrogen functional groups attached to an aromatic ring is 1. The number of benzene rings is 1. The van der Waals surface area contributed by atoms with Crippen LogP contribution in [0.1, 0.15) is 0 Å². The summed E-state index contributed by atoms with van der Waals surface area (Å²) >= 11 is 6.89. The van der Waals surface area contributed by atoms with Gasteiger partial charge in [0.1, 0.15) is 5.75 Å². The predicted octanol–water partition coefficient (Wildman–Crippen LogP) is 2.80. The van der Waals surface area contributed by atoms with E-state index < -0.39 is 0 Å². The zero-order valence-corrected chi connectivity index (χ0v) is 14.9. The van der Waals surface area contributed by atoms with E-state index in [0.29, 0.717) is 17.6 Å². The first-order chi connectivity index (χ1) is 9.90. The lowest BCUT2D eigenvalue weighted by atomic mass is 10.3. The number of ether oxygens (including phenoxy) is 1. The topological polar surface area (TPSA) is 89.2 Å². The van der Waals surface area contributed by atoms with Gasteiger partial charge in [-0.2, -0.15) is 15.0 Å². The summed E-state index contributed by atoms with van der Waals surface area (Å²) in [6, 6.07) is 3.70. The second kappa shape index (κ2) is 6.44. The number of halogens is 2. The molecule has 0 radical (unpaired) electrons. The average Bonchev–Trinajstić information content (AvgIpc) is 2.41. The highest BCUT2D eigenvalue weighted by molar-refractivity contribution is 9.11. The molecule has 0 aliphatic carbocycles. The smallest absolute Gasteiger partial charge is 0.233 e. The highest BCUT2D eigenvalue weighted by atomic mass is 79.9. The van der Waals surface area contributed by atoms with E-state index in [-0.39, 0.29) is 5.95 Å². The molecule has 0 saturated carbocycles. The molecule has 0 aliphatic heterocycles. The van der Waals surface area contributed by atoms with Gasteiger partial charge in [-0.25, -0.2) is 0 Å². The van der Waals surface area contributed by atoms with Crippen molar-refractivity contribution in [3.05, 3.63) is 21.1 Å². The summed E-state index contributed by atoms with van der Waals surface area (Å²) in [7, 11) is 5.26. The Kier molecular flexibility index (Phi) is 4.84. The van der Waals surface area contributed by atoms with E-state index in [1.54, 1.807) is 12.0 Å². The van der Waals surface area contributed by atoms with Gasteiger partial charge in [0.2, 0.25) is 17.8 Å². The Morgan fingerprint density at radius 1 is 1.14 bits per heavy atom. The second-order valence-electron chi connectivity index (χ2n) is 4.30. The molecule has 0 atom stereocenters. The van der Waals surface area contributed by atoms with Crippen LogP contribution < -0.4 is 20.7 Å². The molecular formula is C12H14Br2N6O. The third kappa shape index (κ3) is 3.73. The van der Waals surface area contributed by atoms with Crippen molar-refractivity contribution in [3.8, 4) is 5.75 Å². The van der Waals surface area contributed by atoms with Gasteiger partial charge in [-0.3, -0.25) is 0 Å². The molecule has 0 fully saturated rings. The lowest BCUT2D eigenvalue weighted by Crippen LogP contribution is -2.15. The van der Waals surface area contributed by atoms with Crippen molar-refractivity contribution in [1.29, 1.82) is 0 Å². The number of methoxy groups -OCH3 is 1. The van der Waals surface area contributed by atoms with Gasteiger partial charge < -0.3 is 20.7 Å². The van der Waals surface area contributed by atoms with Crippen molar-refractivity contribution in [2.45, 2.75) is 0 Å². The molecule has 1 aromatic heterocycles. The summed E-state index contributed by atoms with van der Waals surface area (Å²) in [4.78, 5) is 14.2. The molecule has 21 heavy (non-hydrogen) atoms. The predicted molar refractivity (Wildman–Crippen MR) is 90.2 cm³/mol. The van der Waals surface area contributed by atoms with Crippen molar-refractivity contribution in [3.63, 3.8) is 0 Å². The van der Waals surface area contributed by atoms with Crippen molar-refractivity contribution in [2.75, 3.05) is 37.2 Å². The SMILES string of the molecule is COc1cc(Nc2nc(N)nc(N(C)C)n2)c(Br)cc1Br. The quantitative estimate of drug-likeness (QED) is 0.790. The van der Waals surface area contributed by atoms with Gasteiger partial charge in [-0.15, -0.1) is 0 Å². The molecule has 0 bridgehead atoms. The lowest BCUT2D eigenvalue weighted by molar-refractivity contribution is 0.412. The lowest BCUT2D eigenvalue weighted by Gasteiger charge is -2.14. The first-order valence-electron chi connectivity index (χ1n) is 5.89. The number of nitrogens with one attached hydrogen (secondary N) is 1. The highest BCUT2D eigenvalue weighted by Gasteiger charge is 2.11. The number of hydrogen-bond donors (Lipinski definition) is 2. The first-order valence-corrected chi connectivity index (χ1v) is 7.48. The Morgan fingerprint density at radius 3 is 2.48 bits per heavy atom. The van der Waals surface area contributed by atoms with Crippen molar-refractivity contribution >= 4 is 55.4 Å². The Balaban J connectivity index is 2.38. The summed E-state index contributed by atoms with van der Waals surface area (Å²) in [5, 5.41) is 3.09. The van der Waals surface area contributed by atoms with E-state index in [0.717, 1.165) is 14.6 Å². The number of hydrogen-bond acceptors (Lipinski definition) is 7. The van der Waals surface area contributed by atoms with Crippen LogP contribution in [0.3, 0.4) is 0 Å². The standard InChI is InChI=1S/C12H14Br2N6O/c1-20(2)12-18-10(15)17-11(19-12)16-8-5-9(21-3)7(14)4-6(8)13/h4-5H,1-3H3,(H3,15,16,17,18,19). The fourth-order valence-corrected chi connectivity index (χ4v) is 2.79. The normalized spacial score (nSPS) is 10.3. The number of nitrogens with zero attached hydrogens (tertiary/aromatic N) is 4. The van der Waals surface area contributed by atoms with Crippen LogP contribution in [0.2, 0.25) is 0 Å². The third-order valence-corrected chi connectivity index (χ3v) is 3.80. The maximum absolute atomic E-state index is 5.70. The van der Waals surface area contributed by atoms with Crippen LogP contribution in [0, 0.1) is 0 Å². The second-order valence-corrected chi connectivity index (χ2v) is 6.01. The van der Waals surface area contributed by atoms with Crippen LogP contribution in [0.5, 0.6) is 5.75 Å². The molecule has 0 unspecified atom stereocenters. The highest BCUT2D eigenvalue weighted by Crippen LogP contribution is 2.35. The monoisotopic (exact) mass is 416 g/mol. The number of rotatable bonds is 4.